The van der Waals surface area contributed by atoms with Crippen LogP contribution in [-0.4, -0.2) is 41.3 Å². The molecule has 2 atom stereocenters. The summed E-state index contributed by atoms with van der Waals surface area (Å²) >= 11 is 1.90. The first-order valence-electron chi connectivity index (χ1n) is 8.69. The summed E-state index contributed by atoms with van der Waals surface area (Å²) in [5, 5.41) is 0. The molecule has 0 amide bonds. The van der Waals surface area contributed by atoms with Crippen LogP contribution in [0, 0.1) is 6.92 Å². The molecule has 0 bridgehead atoms. The van der Waals surface area contributed by atoms with E-state index in [0.717, 1.165) is 38.2 Å². The minimum atomic E-state index is -0.0303. The number of hydrogen-bond donors (Lipinski definition) is 0. The molecule has 0 unspecified atom stereocenters. The minimum Gasteiger partial charge on any atom is -0.486 e. The van der Waals surface area contributed by atoms with Crippen molar-refractivity contribution in [2.45, 2.75) is 44.4 Å². The largest absolute Gasteiger partial charge is 0.486 e. The minimum absolute atomic E-state index is 0.0303. The zero-order chi connectivity index (χ0) is 16.4. The molecule has 2 saturated heterocycles. The van der Waals surface area contributed by atoms with Crippen molar-refractivity contribution in [3.8, 4) is 5.75 Å². The second-order valence-corrected chi connectivity index (χ2v) is 8.33. The summed E-state index contributed by atoms with van der Waals surface area (Å²) in [5.41, 5.74) is -0.0303. The number of ether oxygens (including phenoxy) is 2. The van der Waals surface area contributed by atoms with E-state index in [1.54, 1.807) is 12.4 Å². The molecular formula is C19H24N2O2S. The summed E-state index contributed by atoms with van der Waals surface area (Å²) in [4.78, 5) is 9.50. The zero-order valence-corrected chi connectivity index (χ0v) is 14.9. The Labute approximate surface area is 147 Å². The predicted molar refractivity (Wildman–Crippen MR) is 95.5 cm³/mol. The van der Waals surface area contributed by atoms with E-state index in [1.807, 2.05) is 23.5 Å². The molecule has 2 aliphatic heterocycles. The third-order valence-electron chi connectivity index (χ3n) is 4.91. The number of hydrogen-bond acceptors (Lipinski definition) is 5. The van der Waals surface area contributed by atoms with Crippen LogP contribution in [0.2, 0.25) is 0 Å². The normalized spacial score (nSPS) is 27.6. The van der Waals surface area contributed by atoms with Crippen LogP contribution in [0.3, 0.4) is 0 Å². The zero-order valence-electron chi connectivity index (χ0n) is 14.1. The molecule has 0 aromatic carbocycles. The Morgan fingerprint density at radius 3 is 3.17 bits per heavy atom. The third kappa shape index (κ3) is 3.63. The number of nitrogens with zero attached hydrogens (tertiary/aromatic N) is 2. The van der Waals surface area contributed by atoms with Gasteiger partial charge in [-0.3, -0.25) is 9.88 Å². The maximum absolute atomic E-state index is 6.26. The van der Waals surface area contributed by atoms with Crippen LogP contribution in [0.4, 0.5) is 0 Å². The molecule has 4 rings (SSSR count). The fraction of sp³-hybridized carbons (Fsp3) is 0.526. The quantitative estimate of drug-likeness (QED) is 0.848. The van der Waals surface area contributed by atoms with Gasteiger partial charge in [0.05, 0.1) is 18.4 Å². The molecule has 0 radical (unpaired) electrons. The number of likely N-dealkylation sites (tertiary alicyclic amines) is 1. The molecular weight excluding hydrogens is 320 g/mol. The lowest BCUT2D eigenvalue weighted by Gasteiger charge is -2.39. The molecule has 2 aromatic heterocycles. The number of aryl methyl sites for hydroxylation is 1. The van der Waals surface area contributed by atoms with Crippen LogP contribution in [-0.2, 0) is 11.3 Å². The molecule has 0 saturated carbocycles. The van der Waals surface area contributed by atoms with Crippen LogP contribution >= 0.6 is 11.3 Å². The highest BCUT2D eigenvalue weighted by atomic mass is 32.1. The molecule has 1 spiro atoms. The Hall–Kier alpha value is -1.43. The molecule has 5 heteroatoms. The van der Waals surface area contributed by atoms with Gasteiger partial charge in [0.25, 0.3) is 0 Å². The Kier molecular flexibility index (Phi) is 4.57. The predicted octanol–water partition coefficient (Wildman–Crippen LogP) is 3.65. The number of thiophene rings is 1. The van der Waals surface area contributed by atoms with Gasteiger partial charge in [0, 0.05) is 35.5 Å². The number of piperidine rings is 1. The Morgan fingerprint density at radius 1 is 1.42 bits per heavy atom. The van der Waals surface area contributed by atoms with Crippen molar-refractivity contribution in [1.82, 2.24) is 9.88 Å². The first kappa shape index (κ1) is 16.1. The van der Waals surface area contributed by atoms with Gasteiger partial charge in [-0.05, 0) is 50.6 Å². The summed E-state index contributed by atoms with van der Waals surface area (Å²) in [7, 11) is 0. The lowest BCUT2D eigenvalue weighted by atomic mass is 9.89. The number of pyridine rings is 1. The maximum Gasteiger partial charge on any atom is 0.138 e. The second kappa shape index (κ2) is 6.82. The van der Waals surface area contributed by atoms with E-state index in [1.165, 1.54) is 16.2 Å². The van der Waals surface area contributed by atoms with Crippen LogP contribution in [0.15, 0.2) is 36.7 Å². The van der Waals surface area contributed by atoms with Crippen molar-refractivity contribution in [2.24, 2.45) is 0 Å². The molecule has 2 aromatic rings. The van der Waals surface area contributed by atoms with Crippen molar-refractivity contribution in [3.05, 3.63) is 46.4 Å². The summed E-state index contributed by atoms with van der Waals surface area (Å²) in [6, 6.07) is 8.34. The van der Waals surface area contributed by atoms with E-state index in [0.29, 0.717) is 6.61 Å². The van der Waals surface area contributed by atoms with Gasteiger partial charge in [0.2, 0.25) is 0 Å². The third-order valence-corrected chi connectivity index (χ3v) is 5.89. The van der Waals surface area contributed by atoms with Crippen molar-refractivity contribution in [3.63, 3.8) is 0 Å². The standard InChI is InChI=1S/C19H24N2O2S/c1-15-5-6-18(24-15)12-21-9-3-7-19(14-21)10-17(13-22-19)23-16-4-2-8-20-11-16/h2,4-6,8,11,17H,3,7,9-10,12-14H2,1H3/t17-,19-/m1/s1. The van der Waals surface area contributed by atoms with Gasteiger partial charge in [0.1, 0.15) is 11.9 Å². The molecule has 128 valence electrons. The highest BCUT2D eigenvalue weighted by Gasteiger charge is 2.44. The monoisotopic (exact) mass is 344 g/mol. The van der Waals surface area contributed by atoms with Gasteiger partial charge >= 0.3 is 0 Å². The number of aromatic nitrogens is 1. The first-order valence-corrected chi connectivity index (χ1v) is 9.51. The Morgan fingerprint density at radius 2 is 2.38 bits per heavy atom. The van der Waals surface area contributed by atoms with Gasteiger partial charge in [-0.25, -0.2) is 0 Å². The van der Waals surface area contributed by atoms with Crippen molar-refractivity contribution in [1.29, 1.82) is 0 Å². The molecule has 0 N–H and O–H groups in total. The van der Waals surface area contributed by atoms with Crippen LogP contribution in [0.1, 0.15) is 29.0 Å². The van der Waals surface area contributed by atoms with E-state index in [2.05, 4.69) is 28.9 Å². The van der Waals surface area contributed by atoms with E-state index >= 15 is 0 Å². The van der Waals surface area contributed by atoms with Gasteiger partial charge in [0.15, 0.2) is 0 Å². The summed E-state index contributed by atoms with van der Waals surface area (Å²) in [5.74, 6) is 0.838. The molecule has 2 aliphatic rings. The Bertz CT molecular complexity index is 675. The lowest BCUT2D eigenvalue weighted by Crippen LogP contribution is -2.47. The van der Waals surface area contributed by atoms with Crippen LogP contribution < -0.4 is 4.74 Å². The number of rotatable bonds is 4. The highest BCUT2D eigenvalue weighted by molar-refractivity contribution is 7.11. The smallest absolute Gasteiger partial charge is 0.138 e. The molecule has 4 nitrogen and oxygen atoms in total. The van der Waals surface area contributed by atoms with E-state index in [9.17, 15) is 0 Å². The second-order valence-electron chi connectivity index (χ2n) is 6.95. The molecule has 0 aliphatic carbocycles. The summed E-state index contributed by atoms with van der Waals surface area (Å²) in [6.07, 6.45) is 6.99. The van der Waals surface area contributed by atoms with Crippen molar-refractivity contribution in [2.75, 3.05) is 19.7 Å². The molecule has 2 fully saturated rings. The highest BCUT2D eigenvalue weighted by Crippen LogP contribution is 2.36. The fourth-order valence-corrected chi connectivity index (χ4v) is 4.82. The molecule has 4 heterocycles. The maximum atomic E-state index is 6.26. The molecule has 24 heavy (non-hydrogen) atoms. The van der Waals surface area contributed by atoms with Gasteiger partial charge < -0.3 is 9.47 Å². The average Bonchev–Trinajstić information content (AvgIpc) is 3.15. The van der Waals surface area contributed by atoms with E-state index in [-0.39, 0.29) is 11.7 Å². The Balaban J connectivity index is 1.36. The first-order chi connectivity index (χ1) is 11.7. The van der Waals surface area contributed by atoms with Gasteiger partial charge in [-0.1, -0.05) is 0 Å². The van der Waals surface area contributed by atoms with Gasteiger partial charge in [-0.2, -0.15) is 0 Å². The average molecular weight is 344 g/mol. The SMILES string of the molecule is Cc1ccc(CN2CCC[C@@]3(C[C@@H](Oc4cccnc4)CO3)C2)s1. The summed E-state index contributed by atoms with van der Waals surface area (Å²) < 4.78 is 12.3. The van der Waals surface area contributed by atoms with E-state index in [4.69, 9.17) is 9.47 Å². The van der Waals surface area contributed by atoms with Gasteiger partial charge in [-0.15, -0.1) is 11.3 Å². The van der Waals surface area contributed by atoms with Crippen molar-refractivity contribution < 1.29 is 9.47 Å². The van der Waals surface area contributed by atoms with E-state index < -0.39 is 0 Å². The van der Waals surface area contributed by atoms with Crippen LogP contribution in [0.25, 0.3) is 0 Å². The van der Waals surface area contributed by atoms with Crippen LogP contribution in [0.5, 0.6) is 5.75 Å². The topological polar surface area (TPSA) is 34.6 Å². The fourth-order valence-electron chi connectivity index (χ4n) is 3.89. The van der Waals surface area contributed by atoms with Crippen molar-refractivity contribution >= 4 is 11.3 Å². The lowest BCUT2D eigenvalue weighted by molar-refractivity contribution is -0.0536. The summed E-state index contributed by atoms with van der Waals surface area (Å²) in [6.45, 7) is 6.07.